The fraction of sp³-hybridized carbons (Fsp3) is 0.303. The minimum atomic E-state index is -0.971. The molecule has 2 aromatic carbocycles. The van der Waals surface area contributed by atoms with Crippen molar-refractivity contribution in [2.45, 2.75) is 25.4 Å². The number of nitrogens with one attached hydrogen (secondary N) is 1. The van der Waals surface area contributed by atoms with E-state index in [0.717, 1.165) is 29.1 Å². The number of likely N-dealkylation sites (tertiary alicyclic amines) is 1. The number of aromatic nitrogens is 2. The first-order chi connectivity index (χ1) is 21.9. The van der Waals surface area contributed by atoms with Gasteiger partial charge in [0.25, 0.3) is 0 Å². The zero-order valence-corrected chi connectivity index (χ0v) is 25.1. The molecule has 232 valence electrons. The second-order valence-corrected chi connectivity index (χ2v) is 11.1. The van der Waals surface area contributed by atoms with Gasteiger partial charge in [-0.15, -0.1) is 0 Å². The van der Waals surface area contributed by atoms with Gasteiger partial charge >= 0.3 is 12.1 Å². The summed E-state index contributed by atoms with van der Waals surface area (Å²) in [5, 5.41) is 3.31. The molecular weight excluding hydrogens is 576 g/mol. The molecule has 0 radical (unpaired) electrons. The fourth-order valence-corrected chi connectivity index (χ4v) is 5.63. The summed E-state index contributed by atoms with van der Waals surface area (Å²) < 4.78 is 5.26. The summed E-state index contributed by atoms with van der Waals surface area (Å²) in [5.41, 5.74) is 2.50. The fourth-order valence-electron chi connectivity index (χ4n) is 5.63. The third kappa shape index (κ3) is 6.42. The molecule has 2 aliphatic heterocycles. The molecule has 45 heavy (non-hydrogen) atoms. The van der Waals surface area contributed by atoms with Gasteiger partial charge < -0.3 is 14.5 Å². The molecule has 0 bridgehead atoms. The Morgan fingerprint density at radius 2 is 1.78 bits per heavy atom. The summed E-state index contributed by atoms with van der Waals surface area (Å²) in [7, 11) is 3.59. The normalized spacial score (nSPS) is 18.5. The summed E-state index contributed by atoms with van der Waals surface area (Å²) >= 11 is 0. The zero-order valence-electron chi connectivity index (χ0n) is 25.1. The Labute approximate surface area is 260 Å². The summed E-state index contributed by atoms with van der Waals surface area (Å²) in [6.45, 7) is 2.33. The lowest BCUT2D eigenvalue weighted by Gasteiger charge is -2.36. The third-order valence-corrected chi connectivity index (χ3v) is 8.17. The van der Waals surface area contributed by atoms with Gasteiger partial charge in [-0.3, -0.25) is 10.1 Å². The van der Waals surface area contributed by atoms with E-state index in [0.29, 0.717) is 48.9 Å². The number of nitrogens with zero attached hydrogens (tertiary/aromatic N) is 5. The van der Waals surface area contributed by atoms with Crippen molar-refractivity contribution in [1.29, 1.82) is 0 Å². The molecule has 3 aromatic rings. The Balaban J connectivity index is 1.26. The predicted octanol–water partition coefficient (Wildman–Crippen LogP) is 4.02. The number of hydrogen-bond donors (Lipinski definition) is 1. The van der Waals surface area contributed by atoms with Crippen molar-refractivity contribution in [1.82, 2.24) is 20.2 Å². The highest BCUT2D eigenvalue weighted by molar-refractivity contribution is 6.26. The number of amides is 1. The highest BCUT2D eigenvalue weighted by atomic mass is 17.2. The molecule has 1 aliphatic carbocycles. The monoisotopic (exact) mass is 610 g/mol. The summed E-state index contributed by atoms with van der Waals surface area (Å²) in [6, 6.07) is 15.4. The van der Waals surface area contributed by atoms with Crippen LogP contribution < -0.4 is 19.9 Å². The number of allylic oxidation sites excluding steroid dienone is 2. The Hall–Kier alpha value is -5.07. The minimum absolute atomic E-state index is 0.00495. The quantitative estimate of drug-likeness (QED) is 0.321. The number of rotatable bonds is 6. The number of methoxy groups -OCH3 is 1. The molecule has 0 spiro atoms. The summed E-state index contributed by atoms with van der Waals surface area (Å²) in [5.74, 6) is 0.165. The number of anilines is 3. The number of fused-ring (bicyclic) bond motifs is 1. The lowest BCUT2D eigenvalue weighted by atomic mass is 9.92. The van der Waals surface area contributed by atoms with Crippen molar-refractivity contribution >= 4 is 40.9 Å². The molecule has 1 fully saturated rings. The van der Waals surface area contributed by atoms with Crippen molar-refractivity contribution in [3.63, 3.8) is 0 Å². The van der Waals surface area contributed by atoms with Crippen LogP contribution in [0.15, 0.2) is 79.0 Å². The number of ketones is 1. The molecule has 6 rings (SSSR count). The Morgan fingerprint density at radius 3 is 2.51 bits per heavy atom. The van der Waals surface area contributed by atoms with E-state index < -0.39 is 18.1 Å². The molecule has 1 aromatic heterocycles. The summed E-state index contributed by atoms with van der Waals surface area (Å²) in [4.78, 5) is 64.4. The van der Waals surface area contributed by atoms with Crippen LogP contribution in [0.2, 0.25) is 0 Å². The van der Waals surface area contributed by atoms with Crippen LogP contribution in [0, 0.1) is 5.92 Å². The first-order valence-corrected chi connectivity index (χ1v) is 14.8. The van der Waals surface area contributed by atoms with E-state index in [1.54, 1.807) is 43.6 Å². The Morgan fingerprint density at radius 1 is 1.02 bits per heavy atom. The van der Waals surface area contributed by atoms with Crippen LogP contribution in [0.4, 0.5) is 22.2 Å². The third-order valence-electron chi connectivity index (χ3n) is 8.17. The standard InChI is InChI=1S/C33H34N6O6/c1-37-17-15-23(16-18-37)31(41)44-45-33(42)39(25-7-4-3-5-8-25)32-35-20-24-19-34-21-38(30(24)36-32)28-10-6-9-27(29(28)40)22-11-13-26(43-2)14-12-22/h3-14,20,23,28,34H,15-19,21H2,1-2H3. The van der Waals surface area contributed by atoms with E-state index in [2.05, 4.69) is 15.2 Å². The van der Waals surface area contributed by atoms with Crippen LogP contribution in [0.3, 0.4) is 0 Å². The Kier molecular flexibility index (Phi) is 8.85. The van der Waals surface area contributed by atoms with E-state index in [1.807, 2.05) is 54.4 Å². The van der Waals surface area contributed by atoms with Crippen molar-refractivity contribution in [2.75, 3.05) is 43.7 Å². The highest BCUT2D eigenvalue weighted by Gasteiger charge is 2.35. The lowest BCUT2D eigenvalue weighted by molar-refractivity contribution is -0.236. The van der Waals surface area contributed by atoms with Crippen LogP contribution in [0.5, 0.6) is 5.75 Å². The van der Waals surface area contributed by atoms with E-state index in [1.165, 1.54) is 0 Å². The van der Waals surface area contributed by atoms with Crippen LogP contribution >= 0.6 is 0 Å². The number of carbonyl (C=O) groups is 3. The molecule has 0 saturated carbocycles. The minimum Gasteiger partial charge on any atom is -0.497 e. The number of ether oxygens (including phenoxy) is 1. The van der Waals surface area contributed by atoms with Gasteiger partial charge in [-0.25, -0.2) is 29.2 Å². The zero-order chi connectivity index (χ0) is 31.3. The number of Topliss-reactive ketones (excluding diaryl/α,β-unsaturated/α-hetero) is 1. The molecule has 1 saturated heterocycles. The van der Waals surface area contributed by atoms with E-state index in [9.17, 15) is 14.4 Å². The predicted molar refractivity (Wildman–Crippen MR) is 166 cm³/mol. The molecule has 1 N–H and O–H groups in total. The van der Waals surface area contributed by atoms with Gasteiger partial charge in [0, 0.05) is 23.9 Å². The molecule has 12 heteroatoms. The molecular formula is C33H34N6O6. The van der Waals surface area contributed by atoms with Crippen molar-refractivity contribution < 1.29 is 28.9 Å². The maximum atomic E-state index is 13.8. The number of piperidine rings is 1. The van der Waals surface area contributed by atoms with Gasteiger partial charge in [0.15, 0.2) is 5.78 Å². The average Bonchev–Trinajstić information content (AvgIpc) is 3.08. The number of benzene rings is 2. The maximum absolute atomic E-state index is 13.8. The maximum Gasteiger partial charge on any atom is 0.464 e. The van der Waals surface area contributed by atoms with Crippen molar-refractivity contribution in [3.05, 3.63) is 90.1 Å². The molecule has 12 nitrogen and oxygen atoms in total. The van der Waals surface area contributed by atoms with Gasteiger partial charge in [-0.2, -0.15) is 4.98 Å². The number of carbonyl (C=O) groups excluding carboxylic acids is 3. The molecule has 3 heterocycles. The highest BCUT2D eigenvalue weighted by Crippen LogP contribution is 2.32. The number of hydrogen-bond acceptors (Lipinski definition) is 11. The van der Waals surface area contributed by atoms with Crippen LogP contribution in [0.1, 0.15) is 24.0 Å². The topological polar surface area (TPSA) is 126 Å². The van der Waals surface area contributed by atoms with Gasteiger partial charge in [0.05, 0.1) is 25.4 Å². The second-order valence-electron chi connectivity index (χ2n) is 11.1. The molecule has 1 amide bonds. The van der Waals surface area contributed by atoms with Crippen LogP contribution in [-0.2, 0) is 25.9 Å². The van der Waals surface area contributed by atoms with Crippen LogP contribution in [-0.4, -0.2) is 72.7 Å². The van der Waals surface area contributed by atoms with Crippen LogP contribution in [0.25, 0.3) is 5.57 Å². The largest absolute Gasteiger partial charge is 0.497 e. The SMILES string of the molecule is COc1ccc(C2=CC=CC(N3CNCc4cnc(N(C(=O)OOC(=O)C5CCN(C)CC5)c5ccccc5)nc43)C2=O)cc1. The summed E-state index contributed by atoms with van der Waals surface area (Å²) in [6.07, 6.45) is 7.36. The van der Waals surface area contributed by atoms with Gasteiger partial charge in [-0.05, 0) is 62.8 Å². The van der Waals surface area contributed by atoms with E-state index in [-0.39, 0.29) is 17.6 Å². The molecule has 1 unspecified atom stereocenters. The van der Waals surface area contributed by atoms with Gasteiger partial charge in [-0.1, -0.05) is 48.6 Å². The first-order valence-electron chi connectivity index (χ1n) is 14.8. The number of para-hydroxylation sites is 1. The van der Waals surface area contributed by atoms with Crippen molar-refractivity contribution in [2.24, 2.45) is 5.92 Å². The van der Waals surface area contributed by atoms with E-state index >= 15 is 0 Å². The lowest BCUT2D eigenvalue weighted by Crippen LogP contribution is -2.49. The van der Waals surface area contributed by atoms with Crippen molar-refractivity contribution in [3.8, 4) is 5.75 Å². The van der Waals surface area contributed by atoms with Gasteiger partial charge in [0.2, 0.25) is 5.95 Å². The molecule has 1 atom stereocenters. The van der Waals surface area contributed by atoms with Gasteiger partial charge in [0.1, 0.15) is 17.6 Å². The second kappa shape index (κ2) is 13.3. The first kappa shape index (κ1) is 30.0. The van der Waals surface area contributed by atoms with E-state index in [4.69, 9.17) is 19.5 Å². The Bertz CT molecular complexity index is 1620. The smallest absolute Gasteiger partial charge is 0.464 e. The average molecular weight is 611 g/mol. The molecule has 3 aliphatic rings.